The lowest BCUT2D eigenvalue weighted by atomic mass is 9.96. The van der Waals surface area contributed by atoms with E-state index in [0.717, 1.165) is 29.8 Å². The summed E-state index contributed by atoms with van der Waals surface area (Å²) in [7, 11) is 0. The lowest BCUT2D eigenvalue weighted by Crippen LogP contribution is -2.50. The summed E-state index contributed by atoms with van der Waals surface area (Å²) in [5, 5.41) is 15.4. The van der Waals surface area contributed by atoms with Crippen LogP contribution in [0.25, 0.3) is 22.6 Å². The van der Waals surface area contributed by atoms with E-state index >= 15 is 0 Å². The molecule has 226 valence electrons. The number of nitrogens with zero attached hydrogens (tertiary/aromatic N) is 2. The monoisotopic (exact) mass is 596 g/mol. The predicted octanol–water partition coefficient (Wildman–Crippen LogP) is 5.66. The van der Waals surface area contributed by atoms with Crippen LogP contribution in [-0.2, 0) is 11.2 Å². The summed E-state index contributed by atoms with van der Waals surface area (Å²) in [4.78, 5) is 18.2. The van der Waals surface area contributed by atoms with Gasteiger partial charge in [0.15, 0.2) is 0 Å². The Morgan fingerprint density at radius 1 is 0.689 bits per heavy atom. The van der Waals surface area contributed by atoms with Gasteiger partial charge in [0.2, 0.25) is 5.91 Å². The normalized spacial score (nSPS) is 13.6. The lowest BCUT2D eigenvalue weighted by Gasteiger charge is -2.39. The average Bonchev–Trinajstić information content (AvgIpc) is 3.50. The number of rotatable bonds is 9. The SMILES string of the molecule is N=C(N)c1ccc(-c2cc(CC(=O)N3CCN(C(c4ccccc4)c4ccccc4)CC3)c(-c3ccc(C(=N)N)cc3)o2)cc1. The van der Waals surface area contributed by atoms with Gasteiger partial charge in [-0.3, -0.25) is 20.5 Å². The first-order chi connectivity index (χ1) is 21.9. The van der Waals surface area contributed by atoms with Gasteiger partial charge in [-0.15, -0.1) is 0 Å². The highest BCUT2D eigenvalue weighted by Gasteiger charge is 2.29. The van der Waals surface area contributed by atoms with Crippen molar-refractivity contribution >= 4 is 17.6 Å². The van der Waals surface area contributed by atoms with Crippen LogP contribution in [0, 0.1) is 10.8 Å². The van der Waals surface area contributed by atoms with Gasteiger partial charge in [-0.25, -0.2) is 0 Å². The molecule has 1 amide bonds. The Labute approximate surface area is 262 Å². The van der Waals surface area contributed by atoms with E-state index in [4.69, 9.17) is 26.7 Å². The topological polar surface area (TPSA) is 136 Å². The third-order valence-corrected chi connectivity index (χ3v) is 8.35. The second-order valence-corrected chi connectivity index (χ2v) is 11.3. The number of nitrogens with two attached hydrogens (primary N) is 2. The van der Waals surface area contributed by atoms with E-state index in [1.54, 1.807) is 24.3 Å². The maximum atomic E-state index is 13.8. The number of benzene rings is 4. The number of amides is 1. The summed E-state index contributed by atoms with van der Waals surface area (Å²) < 4.78 is 6.37. The molecule has 5 aromatic rings. The third-order valence-electron chi connectivity index (χ3n) is 8.35. The molecule has 8 nitrogen and oxygen atoms in total. The van der Waals surface area contributed by atoms with Gasteiger partial charge in [0.05, 0.1) is 12.5 Å². The van der Waals surface area contributed by atoms with Gasteiger partial charge >= 0.3 is 0 Å². The molecule has 45 heavy (non-hydrogen) atoms. The minimum Gasteiger partial charge on any atom is -0.456 e. The summed E-state index contributed by atoms with van der Waals surface area (Å²) in [6, 6.07) is 37.7. The van der Waals surface area contributed by atoms with Crippen molar-refractivity contribution in [2.75, 3.05) is 26.2 Å². The molecule has 0 unspecified atom stereocenters. The number of hydrogen-bond acceptors (Lipinski definition) is 5. The molecule has 1 saturated heterocycles. The Morgan fingerprint density at radius 2 is 1.18 bits per heavy atom. The van der Waals surface area contributed by atoms with Crippen LogP contribution in [0.1, 0.15) is 33.9 Å². The predicted molar refractivity (Wildman–Crippen MR) is 178 cm³/mol. The first-order valence-electron chi connectivity index (χ1n) is 15.0. The van der Waals surface area contributed by atoms with Crippen molar-refractivity contribution in [2.24, 2.45) is 11.5 Å². The molecular weight excluding hydrogens is 560 g/mol. The molecule has 1 fully saturated rings. The van der Waals surface area contributed by atoms with Crippen LogP contribution in [0.15, 0.2) is 120 Å². The Bertz CT molecular complexity index is 1750. The van der Waals surface area contributed by atoms with Crippen LogP contribution in [-0.4, -0.2) is 53.6 Å². The Balaban J connectivity index is 1.22. The minimum atomic E-state index is -0.0106. The van der Waals surface area contributed by atoms with Crippen molar-refractivity contribution in [2.45, 2.75) is 12.5 Å². The number of carbonyl (C=O) groups excluding carboxylic acids is 1. The first kappa shape index (κ1) is 29.6. The first-order valence-corrected chi connectivity index (χ1v) is 15.0. The number of hydrogen-bond donors (Lipinski definition) is 4. The van der Waals surface area contributed by atoms with E-state index in [1.165, 1.54) is 11.1 Å². The summed E-state index contributed by atoms with van der Waals surface area (Å²) in [5.74, 6) is 1.26. The fraction of sp³-hybridized carbons (Fsp3) is 0.162. The number of nitrogens with one attached hydrogen (secondary N) is 2. The summed E-state index contributed by atoms with van der Waals surface area (Å²) >= 11 is 0. The van der Waals surface area contributed by atoms with Gasteiger partial charge in [-0.1, -0.05) is 109 Å². The van der Waals surface area contributed by atoms with Crippen molar-refractivity contribution in [3.05, 3.63) is 143 Å². The number of nitrogen functional groups attached to an aromatic ring is 2. The maximum absolute atomic E-state index is 13.8. The zero-order chi connectivity index (χ0) is 31.3. The molecule has 0 spiro atoms. The highest BCUT2D eigenvalue weighted by Crippen LogP contribution is 2.34. The van der Waals surface area contributed by atoms with Gasteiger partial charge in [0.25, 0.3) is 0 Å². The molecule has 1 aliphatic rings. The Hall–Kier alpha value is -5.47. The highest BCUT2D eigenvalue weighted by atomic mass is 16.3. The largest absolute Gasteiger partial charge is 0.456 e. The smallest absolute Gasteiger partial charge is 0.227 e. The zero-order valence-corrected chi connectivity index (χ0v) is 24.9. The van der Waals surface area contributed by atoms with Crippen molar-refractivity contribution in [1.82, 2.24) is 9.80 Å². The molecule has 2 heterocycles. The molecular formula is C37H36N6O2. The fourth-order valence-electron chi connectivity index (χ4n) is 5.95. The molecule has 0 aliphatic carbocycles. The minimum absolute atomic E-state index is 0.00233. The van der Waals surface area contributed by atoms with Gasteiger partial charge in [0.1, 0.15) is 23.2 Å². The molecule has 0 saturated carbocycles. The number of piperazine rings is 1. The maximum Gasteiger partial charge on any atom is 0.227 e. The Morgan fingerprint density at radius 3 is 1.67 bits per heavy atom. The van der Waals surface area contributed by atoms with Crippen molar-refractivity contribution in [3.8, 4) is 22.6 Å². The molecule has 0 bridgehead atoms. The van der Waals surface area contributed by atoms with Gasteiger partial charge < -0.3 is 20.8 Å². The van der Waals surface area contributed by atoms with Crippen LogP contribution in [0.5, 0.6) is 0 Å². The van der Waals surface area contributed by atoms with Crippen LogP contribution >= 0.6 is 0 Å². The fourth-order valence-corrected chi connectivity index (χ4v) is 5.95. The molecule has 4 aromatic carbocycles. The van der Waals surface area contributed by atoms with E-state index in [0.29, 0.717) is 35.7 Å². The third kappa shape index (κ3) is 6.56. The van der Waals surface area contributed by atoms with Gasteiger partial charge in [-0.2, -0.15) is 0 Å². The molecule has 1 aliphatic heterocycles. The molecule has 8 heteroatoms. The molecule has 1 aromatic heterocycles. The quantitative estimate of drug-likeness (QED) is 0.129. The van der Waals surface area contributed by atoms with Crippen LogP contribution in [0.4, 0.5) is 0 Å². The lowest BCUT2D eigenvalue weighted by molar-refractivity contribution is -0.132. The molecule has 6 N–H and O–H groups in total. The van der Waals surface area contributed by atoms with E-state index in [1.807, 2.05) is 47.4 Å². The van der Waals surface area contributed by atoms with Gasteiger partial charge in [-0.05, 0) is 17.2 Å². The number of furan rings is 1. The standard InChI is InChI=1S/C37H36N6O2/c38-36(39)29-15-11-25(12-16-29)32-23-31(35(45-32)28-13-17-30(18-14-28)37(40)41)24-33(44)42-19-21-43(22-20-42)34(26-7-3-1-4-8-26)27-9-5-2-6-10-27/h1-18,23,34H,19-22,24H2,(H3,38,39)(H3,40,41). The van der Waals surface area contributed by atoms with E-state index in [2.05, 4.69) is 53.4 Å². The van der Waals surface area contributed by atoms with Crippen LogP contribution < -0.4 is 11.5 Å². The van der Waals surface area contributed by atoms with E-state index in [-0.39, 0.29) is 30.0 Å². The average molecular weight is 597 g/mol. The van der Waals surface area contributed by atoms with Crippen molar-refractivity contribution in [3.63, 3.8) is 0 Å². The second-order valence-electron chi connectivity index (χ2n) is 11.3. The second kappa shape index (κ2) is 13.0. The Kier molecular flexibility index (Phi) is 8.57. The van der Waals surface area contributed by atoms with Gasteiger partial charge in [0, 0.05) is 54.0 Å². The molecule has 0 atom stereocenters. The summed E-state index contributed by atoms with van der Waals surface area (Å²) in [5.41, 5.74) is 17.4. The van der Waals surface area contributed by atoms with Crippen molar-refractivity contribution in [1.29, 1.82) is 10.8 Å². The van der Waals surface area contributed by atoms with Crippen molar-refractivity contribution < 1.29 is 9.21 Å². The summed E-state index contributed by atoms with van der Waals surface area (Å²) in [6.07, 6.45) is 0.194. The van der Waals surface area contributed by atoms with Crippen LogP contribution in [0.2, 0.25) is 0 Å². The van der Waals surface area contributed by atoms with E-state index < -0.39 is 0 Å². The zero-order valence-electron chi connectivity index (χ0n) is 24.9. The van der Waals surface area contributed by atoms with Crippen LogP contribution in [0.3, 0.4) is 0 Å². The number of carbonyl (C=O) groups is 1. The molecule has 0 radical (unpaired) electrons. The number of amidine groups is 2. The highest BCUT2D eigenvalue weighted by molar-refractivity contribution is 5.96. The molecule has 6 rings (SSSR count). The summed E-state index contributed by atoms with van der Waals surface area (Å²) in [6.45, 7) is 2.79. The van der Waals surface area contributed by atoms with E-state index in [9.17, 15) is 4.79 Å².